The number of aromatic nitrogens is 2. The van der Waals surface area contributed by atoms with E-state index >= 15 is 0 Å². The van der Waals surface area contributed by atoms with E-state index in [4.69, 9.17) is 0 Å². The van der Waals surface area contributed by atoms with Gasteiger partial charge in [-0.05, 0) is 36.8 Å². The van der Waals surface area contributed by atoms with Gasteiger partial charge in [0.1, 0.15) is 5.82 Å². The monoisotopic (exact) mass is 327 g/mol. The second-order valence-electron chi connectivity index (χ2n) is 5.36. The van der Waals surface area contributed by atoms with Crippen LogP contribution in [0.3, 0.4) is 0 Å². The van der Waals surface area contributed by atoms with E-state index in [9.17, 15) is 8.42 Å². The number of nitrogens with zero attached hydrogens (tertiary/aromatic N) is 1. The fourth-order valence-corrected chi connectivity index (χ4v) is 3.44. The molecule has 1 heterocycles. The molecule has 1 aromatic heterocycles. The first-order valence-electron chi connectivity index (χ1n) is 7.18. The molecular weight excluding hydrogens is 310 g/mol. The Kier molecular flexibility index (Phi) is 4.16. The van der Waals surface area contributed by atoms with Gasteiger partial charge in [-0.1, -0.05) is 29.8 Å². The van der Waals surface area contributed by atoms with E-state index in [0.717, 1.165) is 22.5 Å². The molecule has 0 amide bonds. The number of imidazole rings is 1. The molecule has 0 aliphatic heterocycles. The fourth-order valence-electron chi connectivity index (χ4n) is 2.24. The molecule has 23 heavy (non-hydrogen) atoms. The first kappa shape index (κ1) is 15.3. The topological polar surface area (TPSA) is 74.8 Å². The van der Waals surface area contributed by atoms with E-state index < -0.39 is 10.0 Å². The van der Waals surface area contributed by atoms with Crippen LogP contribution in [-0.2, 0) is 15.8 Å². The third-order valence-corrected chi connectivity index (χ3v) is 4.67. The zero-order valence-electron chi connectivity index (χ0n) is 12.7. The lowest BCUT2D eigenvalue weighted by molar-refractivity contribution is 0.600. The van der Waals surface area contributed by atoms with Gasteiger partial charge in [0.05, 0.1) is 5.75 Å². The highest BCUT2D eigenvalue weighted by molar-refractivity contribution is 7.91. The molecule has 0 unspecified atom stereocenters. The van der Waals surface area contributed by atoms with Crippen molar-refractivity contribution < 1.29 is 8.42 Å². The van der Waals surface area contributed by atoms with Crippen LogP contribution in [0.4, 0.5) is 5.69 Å². The third kappa shape index (κ3) is 3.98. The van der Waals surface area contributed by atoms with Gasteiger partial charge < -0.3 is 4.98 Å². The SMILES string of the molecule is Cc1ccc(CS(=O)(=O)Nc2ccc(-c3ncc[nH]3)cc2)cc1. The van der Waals surface area contributed by atoms with Gasteiger partial charge in [-0.3, -0.25) is 4.72 Å². The molecule has 0 fully saturated rings. The molecule has 0 saturated heterocycles. The number of H-pyrrole nitrogens is 1. The number of rotatable bonds is 5. The lowest BCUT2D eigenvalue weighted by Gasteiger charge is -2.09. The zero-order chi connectivity index (χ0) is 16.3. The van der Waals surface area contributed by atoms with Gasteiger partial charge in [0.2, 0.25) is 10.0 Å². The second kappa shape index (κ2) is 6.26. The molecule has 0 saturated carbocycles. The average molecular weight is 327 g/mol. The van der Waals surface area contributed by atoms with Crippen LogP contribution in [0, 0.1) is 6.92 Å². The zero-order valence-corrected chi connectivity index (χ0v) is 13.5. The standard InChI is InChI=1S/C17H17N3O2S/c1-13-2-4-14(5-3-13)12-23(21,22)20-16-8-6-15(7-9-16)17-18-10-11-19-17/h2-11,20H,12H2,1H3,(H,18,19). The van der Waals surface area contributed by atoms with Crippen LogP contribution in [0.15, 0.2) is 60.9 Å². The average Bonchev–Trinajstić information content (AvgIpc) is 3.04. The lowest BCUT2D eigenvalue weighted by atomic mass is 10.2. The number of hydrogen-bond acceptors (Lipinski definition) is 3. The van der Waals surface area contributed by atoms with Crippen molar-refractivity contribution in [2.45, 2.75) is 12.7 Å². The minimum absolute atomic E-state index is 0.0484. The number of aryl methyl sites for hydroxylation is 1. The highest BCUT2D eigenvalue weighted by Crippen LogP contribution is 2.19. The summed E-state index contributed by atoms with van der Waals surface area (Å²) < 4.78 is 27.1. The Bertz CT molecular complexity index is 869. The minimum atomic E-state index is -3.44. The van der Waals surface area contributed by atoms with Crippen molar-refractivity contribution in [3.8, 4) is 11.4 Å². The Labute approximate surface area is 135 Å². The molecule has 118 valence electrons. The molecule has 2 aromatic carbocycles. The van der Waals surface area contributed by atoms with Gasteiger partial charge in [0.15, 0.2) is 0 Å². The van der Waals surface area contributed by atoms with Crippen LogP contribution in [0.25, 0.3) is 11.4 Å². The van der Waals surface area contributed by atoms with E-state index in [-0.39, 0.29) is 5.75 Å². The van der Waals surface area contributed by atoms with Gasteiger partial charge in [-0.25, -0.2) is 13.4 Å². The summed E-state index contributed by atoms with van der Waals surface area (Å²) in [4.78, 5) is 7.17. The molecule has 0 aliphatic carbocycles. The molecule has 0 atom stereocenters. The van der Waals surface area contributed by atoms with Crippen molar-refractivity contribution in [2.75, 3.05) is 4.72 Å². The third-order valence-electron chi connectivity index (χ3n) is 3.41. The van der Waals surface area contributed by atoms with Crippen molar-refractivity contribution >= 4 is 15.7 Å². The summed E-state index contributed by atoms with van der Waals surface area (Å²) in [6, 6.07) is 14.6. The summed E-state index contributed by atoms with van der Waals surface area (Å²) >= 11 is 0. The molecule has 5 nitrogen and oxygen atoms in total. The first-order valence-corrected chi connectivity index (χ1v) is 8.83. The van der Waals surface area contributed by atoms with E-state index in [1.54, 1.807) is 24.5 Å². The molecular formula is C17H17N3O2S. The van der Waals surface area contributed by atoms with Gasteiger partial charge in [0.25, 0.3) is 0 Å². The summed E-state index contributed by atoms with van der Waals surface area (Å²) in [7, 11) is -3.44. The normalized spacial score (nSPS) is 11.3. The number of hydrogen-bond donors (Lipinski definition) is 2. The maximum absolute atomic E-state index is 12.2. The van der Waals surface area contributed by atoms with Gasteiger partial charge in [0, 0.05) is 23.6 Å². The summed E-state index contributed by atoms with van der Waals surface area (Å²) in [5, 5.41) is 0. The fraction of sp³-hybridized carbons (Fsp3) is 0.118. The van der Waals surface area contributed by atoms with Crippen molar-refractivity contribution in [1.82, 2.24) is 9.97 Å². The maximum atomic E-state index is 12.2. The summed E-state index contributed by atoms with van der Waals surface area (Å²) in [6.07, 6.45) is 3.42. The molecule has 0 spiro atoms. The van der Waals surface area contributed by atoms with E-state index in [0.29, 0.717) is 5.69 Å². The predicted molar refractivity (Wildman–Crippen MR) is 91.4 cm³/mol. The molecule has 6 heteroatoms. The Morgan fingerprint density at radius 3 is 2.35 bits per heavy atom. The van der Waals surface area contributed by atoms with Crippen molar-refractivity contribution in [3.63, 3.8) is 0 Å². The Balaban J connectivity index is 1.71. The number of sulfonamides is 1. The van der Waals surface area contributed by atoms with Crippen LogP contribution >= 0.6 is 0 Å². The Morgan fingerprint density at radius 2 is 1.74 bits per heavy atom. The van der Waals surface area contributed by atoms with Crippen LogP contribution < -0.4 is 4.72 Å². The van der Waals surface area contributed by atoms with E-state index in [1.807, 2.05) is 43.3 Å². The van der Waals surface area contributed by atoms with Crippen LogP contribution in [-0.4, -0.2) is 18.4 Å². The minimum Gasteiger partial charge on any atom is -0.345 e. The van der Waals surface area contributed by atoms with Gasteiger partial charge in [-0.15, -0.1) is 0 Å². The quantitative estimate of drug-likeness (QED) is 0.755. The Hall–Kier alpha value is -2.60. The second-order valence-corrected chi connectivity index (χ2v) is 7.08. The maximum Gasteiger partial charge on any atom is 0.236 e. The van der Waals surface area contributed by atoms with E-state index in [2.05, 4.69) is 14.7 Å². The lowest BCUT2D eigenvalue weighted by Crippen LogP contribution is -2.15. The van der Waals surface area contributed by atoms with Crippen LogP contribution in [0.5, 0.6) is 0 Å². The summed E-state index contributed by atoms with van der Waals surface area (Å²) in [5.41, 5.74) is 3.30. The molecule has 0 bridgehead atoms. The highest BCUT2D eigenvalue weighted by atomic mass is 32.2. The van der Waals surface area contributed by atoms with Crippen LogP contribution in [0.2, 0.25) is 0 Å². The molecule has 3 rings (SSSR count). The number of nitrogens with one attached hydrogen (secondary N) is 2. The van der Waals surface area contributed by atoms with E-state index in [1.165, 1.54) is 0 Å². The van der Waals surface area contributed by atoms with Crippen molar-refractivity contribution in [2.24, 2.45) is 0 Å². The molecule has 0 aliphatic rings. The van der Waals surface area contributed by atoms with Gasteiger partial charge in [-0.2, -0.15) is 0 Å². The molecule has 0 radical (unpaired) electrons. The smallest absolute Gasteiger partial charge is 0.236 e. The first-order chi connectivity index (χ1) is 11.0. The summed E-state index contributed by atoms with van der Waals surface area (Å²) in [5.74, 6) is 0.701. The van der Waals surface area contributed by atoms with Crippen LogP contribution in [0.1, 0.15) is 11.1 Å². The Morgan fingerprint density at radius 1 is 1.04 bits per heavy atom. The van der Waals surface area contributed by atoms with Gasteiger partial charge >= 0.3 is 0 Å². The predicted octanol–water partition coefficient (Wildman–Crippen LogP) is 3.33. The molecule has 3 aromatic rings. The number of anilines is 1. The number of benzene rings is 2. The van der Waals surface area contributed by atoms with Crippen molar-refractivity contribution in [3.05, 3.63) is 72.1 Å². The summed E-state index contributed by atoms with van der Waals surface area (Å²) in [6.45, 7) is 1.97. The van der Waals surface area contributed by atoms with Crippen molar-refractivity contribution in [1.29, 1.82) is 0 Å². The highest BCUT2D eigenvalue weighted by Gasteiger charge is 2.12. The molecule has 2 N–H and O–H groups in total. The largest absolute Gasteiger partial charge is 0.345 e. The number of aromatic amines is 1.